The predicted molar refractivity (Wildman–Crippen MR) is 124 cm³/mol. The molecule has 0 unspecified atom stereocenters. The molecule has 10 heteroatoms. The maximum Gasteiger partial charge on any atom is 0.348 e. The molecule has 0 bridgehead atoms. The normalized spacial score (nSPS) is 12.6. The number of fused-ring (bicyclic) bond motifs is 1. The molecule has 0 saturated carbocycles. The third-order valence-electron chi connectivity index (χ3n) is 5.56. The molecule has 0 radical (unpaired) electrons. The lowest BCUT2D eigenvalue weighted by molar-refractivity contribution is -0.146. The summed E-state index contributed by atoms with van der Waals surface area (Å²) < 4.78 is 12.8. The average Bonchev–Trinajstić information content (AvgIpc) is 3.12. The molecule has 9 nitrogen and oxygen atoms in total. The quantitative estimate of drug-likeness (QED) is 0.499. The van der Waals surface area contributed by atoms with Crippen LogP contribution in [0.1, 0.15) is 47.7 Å². The van der Waals surface area contributed by atoms with E-state index in [9.17, 15) is 24.3 Å². The fourth-order valence-corrected chi connectivity index (χ4v) is 4.83. The molecule has 0 fully saturated rings. The largest absolute Gasteiger partial charge is 0.480 e. The molecule has 3 rings (SSSR count). The van der Waals surface area contributed by atoms with Crippen LogP contribution in [0.3, 0.4) is 0 Å². The van der Waals surface area contributed by atoms with Gasteiger partial charge in [-0.2, -0.15) is 0 Å². The number of rotatable bonds is 8. The summed E-state index contributed by atoms with van der Waals surface area (Å²) in [6, 6.07) is 9.21. The number of carboxylic acid groups (broad SMARTS) is 1. The summed E-state index contributed by atoms with van der Waals surface area (Å²) in [6.07, 6.45) is -0.556. The van der Waals surface area contributed by atoms with E-state index in [1.165, 1.54) is 25.5 Å². The Balaban J connectivity index is 2.38. The smallest absolute Gasteiger partial charge is 0.348 e. The SMILES string of the molecule is CCOC(=O)c1sc2c(c1C)c(=O)n(C(C)(C)C(=O)O)c(=O)n2C[C@@H](OC)c1ccccc1. The topological polar surface area (TPSA) is 117 Å². The fraction of sp³-hybridized carbons (Fsp3) is 0.391. The van der Waals surface area contributed by atoms with Crippen molar-refractivity contribution in [1.82, 2.24) is 9.13 Å². The molecule has 0 amide bonds. The van der Waals surface area contributed by atoms with Crippen LogP contribution >= 0.6 is 11.3 Å². The number of ether oxygens (including phenoxy) is 2. The number of aromatic nitrogens is 2. The van der Waals surface area contributed by atoms with Gasteiger partial charge in [0.15, 0.2) is 0 Å². The van der Waals surface area contributed by atoms with Gasteiger partial charge in [-0.1, -0.05) is 30.3 Å². The molecule has 0 aliphatic heterocycles. The second-order valence-electron chi connectivity index (χ2n) is 7.99. The van der Waals surface area contributed by atoms with Gasteiger partial charge in [0.2, 0.25) is 0 Å². The van der Waals surface area contributed by atoms with Crippen molar-refractivity contribution in [1.29, 1.82) is 0 Å². The number of hydrogen-bond acceptors (Lipinski definition) is 7. The van der Waals surface area contributed by atoms with E-state index in [0.717, 1.165) is 21.5 Å². The lowest BCUT2D eigenvalue weighted by atomic mass is 10.1. The van der Waals surface area contributed by atoms with Crippen molar-refractivity contribution in [3.63, 3.8) is 0 Å². The Morgan fingerprint density at radius 1 is 1.18 bits per heavy atom. The van der Waals surface area contributed by atoms with Crippen molar-refractivity contribution in [2.75, 3.05) is 13.7 Å². The number of thiophene rings is 1. The van der Waals surface area contributed by atoms with E-state index >= 15 is 0 Å². The number of hydrogen-bond donors (Lipinski definition) is 1. The monoisotopic (exact) mass is 474 g/mol. The van der Waals surface area contributed by atoms with Crippen molar-refractivity contribution >= 4 is 33.5 Å². The van der Waals surface area contributed by atoms with Crippen molar-refractivity contribution in [3.05, 3.63) is 67.2 Å². The standard InChI is InChI=1S/C23H26N2O7S/c1-6-32-20(27)17-13(2)16-18(26)25(23(3,4)21(28)29)22(30)24(19(16)33-17)12-15(31-5)14-10-8-7-9-11-14/h7-11,15H,6,12H2,1-5H3,(H,28,29)/t15-/m1/s1. The third kappa shape index (κ3) is 4.23. The van der Waals surface area contributed by atoms with Crippen molar-refractivity contribution in [3.8, 4) is 0 Å². The number of methoxy groups -OCH3 is 1. The average molecular weight is 475 g/mol. The molecule has 0 aliphatic carbocycles. The summed E-state index contributed by atoms with van der Waals surface area (Å²) in [5, 5.41) is 9.85. The number of carbonyl (C=O) groups excluding carboxylic acids is 1. The predicted octanol–water partition coefficient (Wildman–Crippen LogP) is 2.92. The Labute approximate surface area is 193 Å². The molecular formula is C23H26N2O7S. The minimum Gasteiger partial charge on any atom is -0.480 e. The Bertz CT molecular complexity index is 1320. The molecular weight excluding hydrogens is 448 g/mol. The first-order valence-corrected chi connectivity index (χ1v) is 11.2. The Morgan fingerprint density at radius 3 is 2.36 bits per heavy atom. The number of esters is 1. The number of aliphatic carboxylic acids is 1. The molecule has 1 N–H and O–H groups in total. The molecule has 3 aromatic rings. The summed E-state index contributed by atoms with van der Waals surface area (Å²) in [5.41, 5.74) is -2.24. The van der Waals surface area contributed by atoms with Crippen LogP contribution in [-0.4, -0.2) is 39.9 Å². The van der Waals surface area contributed by atoms with E-state index in [2.05, 4.69) is 0 Å². The van der Waals surface area contributed by atoms with Crippen LogP contribution < -0.4 is 11.2 Å². The molecule has 2 aromatic heterocycles. The minimum atomic E-state index is -1.82. The lowest BCUT2D eigenvalue weighted by Crippen LogP contribution is -2.52. The lowest BCUT2D eigenvalue weighted by Gasteiger charge is -2.24. The van der Waals surface area contributed by atoms with Gasteiger partial charge in [0.25, 0.3) is 5.56 Å². The zero-order chi connectivity index (χ0) is 24.5. The number of nitrogens with zero attached hydrogens (tertiary/aromatic N) is 2. The summed E-state index contributed by atoms with van der Waals surface area (Å²) in [6.45, 7) is 5.98. The first kappa shape index (κ1) is 24.4. The van der Waals surface area contributed by atoms with Crippen molar-refractivity contribution < 1.29 is 24.2 Å². The molecule has 2 heterocycles. The Hall–Kier alpha value is -3.24. The van der Waals surface area contributed by atoms with Gasteiger partial charge < -0.3 is 14.6 Å². The van der Waals surface area contributed by atoms with Gasteiger partial charge in [-0.25, -0.2) is 19.0 Å². The van der Waals surface area contributed by atoms with Gasteiger partial charge in [-0.05, 0) is 38.8 Å². The van der Waals surface area contributed by atoms with Gasteiger partial charge >= 0.3 is 17.6 Å². The second kappa shape index (κ2) is 9.32. The van der Waals surface area contributed by atoms with E-state index in [0.29, 0.717) is 5.56 Å². The van der Waals surface area contributed by atoms with Crippen LogP contribution in [0.4, 0.5) is 0 Å². The summed E-state index contributed by atoms with van der Waals surface area (Å²) in [7, 11) is 1.50. The Morgan fingerprint density at radius 2 is 1.82 bits per heavy atom. The van der Waals surface area contributed by atoms with Gasteiger partial charge in [-0.15, -0.1) is 11.3 Å². The van der Waals surface area contributed by atoms with Crippen LogP contribution in [0.25, 0.3) is 10.2 Å². The fourth-order valence-electron chi connectivity index (χ4n) is 3.64. The zero-order valence-electron chi connectivity index (χ0n) is 19.1. The van der Waals surface area contributed by atoms with Gasteiger partial charge in [0, 0.05) is 7.11 Å². The van der Waals surface area contributed by atoms with Crippen LogP contribution in [0.15, 0.2) is 39.9 Å². The van der Waals surface area contributed by atoms with Gasteiger partial charge in [0.1, 0.15) is 21.4 Å². The van der Waals surface area contributed by atoms with Gasteiger partial charge in [-0.3, -0.25) is 9.36 Å². The van der Waals surface area contributed by atoms with Crippen molar-refractivity contribution in [2.24, 2.45) is 0 Å². The summed E-state index contributed by atoms with van der Waals surface area (Å²) in [5.74, 6) is -1.94. The number of aryl methyl sites for hydroxylation is 1. The maximum absolute atomic E-state index is 13.6. The number of carboxylic acids is 1. The zero-order valence-corrected chi connectivity index (χ0v) is 19.9. The van der Waals surface area contributed by atoms with Crippen LogP contribution in [0, 0.1) is 6.92 Å². The van der Waals surface area contributed by atoms with E-state index in [1.807, 2.05) is 30.3 Å². The molecule has 33 heavy (non-hydrogen) atoms. The molecule has 0 aliphatic rings. The van der Waals surface area contributed by atoms with Crippen LogP contribution in [0.5, 0.6) is 0 Å². The number of benzene rings is 1. The second-order valence-corrected chi connectivity index (χ2v) is 8.99. The maximum atomic E-state index is 13.6. The van der Waals surface area contributed by atoms with Crippen LogP contribution in [0.2, 0.25) is 0 Å². The first-order chi connectivity index (χ1) is 15.6. The van der Waals surface area contributed by atoms with E-state index < -0.39 is 34.8 Å². The number of carbonyl (C=O) groups is 2. The highest BCUT2D eigenvalue weighted by Gasteiger charge is 2.36. The Kier molecular flexibility index (Phi) is 6.89. The minimum absolute atomic E-state index is 0.00798. The first-order valence-electron chi connectivity index (χ1n) is 10.3. The summed E-state index contributed by atoms with van der Waals surface area (Å²) in [4.78, 5) is 51.9. The molecule has 0 spiro atoms. The van der Waals surface area contributed by atoms with Crippen LogP contribution in [-0.2, 0) is 26.4 Å². The highest BCUT2D eigenvalue weighted by molar-refractivity contribution is 7.20. The highest BCUT2D eigenvalue weighted by Crippen LogP contribution is 2.30. The highest BCUT2D eigenvalue weighted by atomic mass is 32.1. The van der Waals surface area contributed by atoms with E-state index in [1.54, 1.807) is 13.8 Å². The van der Waals surface area contributed by atoms with Gasteiger partial charge in [0.05, 0.1) is 18.5 Å². The molecule has 1 atom stereocenters. The van der Waals surface area contributed by atoms with Crippen molar-refractivity contribution in [2.45, 2.75) is 45.9 Å². The van der Waals surface area contributed by atoms with E-state index in [4.69, 9.17) is 9.47 Å². The van der Waals surface area contributed by atoms with E-state index in [-0.39, 0.29) is 28.2 Å². The molecule has 0 saturated heterocycles. The molecule has 1 aromatic carbocycles. The molecule has 176 valence electrons. The third-order valence-corrected chi connectivity index (χ3v) is 6.85. The summed E-state index contributed by atoms with van der Waals surface area (Å²) >= 11 is 0.974.